The van der Waals surface area contributed by atoms with E-state index in [1.165, 1.54) is 19.3 Å². The van der Waals surface area contributed by atoms with Gasteiger partial charge in [-0.05, 0) is 73.2 Å². The number of aromatic amines is 2. The van der Waals surface area contributed by atoms with Gasteiger partial charge in [-0.3, -0.25) is 15.1 Å². The van der Waals surface area contributed by atoms with E-state index in [0.717, 1.165) is 61.4 Å². The predicted molar refractivity (Wildman–Crippen MR) is 154 cm³/mol. The van der Waals surface area contributed by atoms with Gasteiger partial charge in [0.05, 0.1) is 22.9 Å². The molecule has 1 saturated carbocycles. The predicted octanol–water partition coefficient (Wildman–Crippen LogP) is 6.94. The van der Waals surface area contributed by atoms with Gasteiger partial charge < -0.3 is 10.3 Å². The summed E-state index contributed by atoms with van der Waals surface area (Å²) >= 11 is 0. The van der Waals surface area contributed by atoms with E-state index >= 15 is 0 Å². The van der Waals surface area contributed by atoms with E-state index in [1.54, 1.807) is 18.6 Å². The number of allylic oxidation sites excluding steroid dienone is 5. The number of rotatable bonds is 8. The molecule has 0 aliphatic heterocycles. The number of nitrogens with one attached hydrogen (secondary N) is 3. The molecule has 3 N–H and O–H groups in total. The Morgan fingerprint density at radius 2 is 2.03 bits per heavy atom. The van der Waals surface area contributed by atoms with E-state index in [1.807, 2.05) is 31.2 Å². The van der Waals surface area contributed by atoms with Gasteiger partial charge in [-0.15, -0.1) is 0 Å². The second-order valence-electron chi connectivity index (χ2n) is 9.54. The van der Waals surface area contributed by atoms with Crippen molar-refractivity contribution in [1.29, 1.82) is 0 Å². The summed E-state index contributed by atoms with van der Waals surface area (Å²) in [6.45, 7) is 10.3. The van der Waals surface area contributed by atoms with Crippen molar-refractivity contribution in [1.82, 2.24) is 35.5 Å². The molecule has 1 aromatic carbocycles. The van der Waals surface area contributed by atoms with Crippen molar-refractivity contribution in [3.63, 3.8) is 0 Å². The topological polar surface area (TPSA) is 95.2 Å². The van der Waals surface area contributed by atoms with Crippen LogP contribution >= 0.6 is 0 Å². The molecule has 0 atom stereocenters. The molecule has 5 aromatic rings. The molecule has 1 fully saturated rings. The van der Waals surface area contributed by atoms with E-state index < -0.39 is 0 Å². The normalized spacial score (nSPS) is 14.6. The molecule has 0 spiro atoms. The highest BCUT2D eigenvalue weighted by Gasteiger charge is 2.21. The van der Waals surface area contributed by atoms with Gasteiger partial charge in [-0.2, -0.15) is 5.10 Å². The van der Waals surface area contributed by atoms with Crippen LogP contribution in [0.1, 0.15) is 31.7 Å². The van der Waals surface area contributed by atoms with Gasteiger partial charge >= 0.3 is 0 Å². The maximum Gasteiger partial charge on any atom is 0.159 e. The molecule has 6 rings (SSSR count). The van der Waals surface area contributed by atoms with E-state index in [-0.39, 0.29) is 0 Å². The van der Waals surface area contributed by atoms with E-state index in [0.29, 0.717) is 11.7 Å². The van der Waals surface area contributed by atoms with Crippen LogP contribution in [0.5, 0.6) is 0 Å². The van der Waals surface area contributed by atoms with Gasteiger partial charge in [0.2, 0.25) is 0 Å². The summed E-state index contributed by atoms with van der Waals surface area (Å²) in [4.78, 5) is 17.2. The summed E-state index contributed by atoms with van der Waals surface area (Å²) in [7, 11) is 0. The molecule has 0 radical (unpaired) electrons. The van der Waals surface area contributed by atoms with Gasteiger partial charge in [0.1, 0.15) is 11.2 Å². The molecule has 188 valence electrons. The summed E-state index contributed by atoms with van der Waals surface area (Å²) in [6.07, 6.45) is 15.1. The molecule has 0 amide bonds. The summed E-state index contributed by atoms with van der Waals surface area (Å²) < 4.78 is 0. The highest BCUT2D eigenvalue weighted by Crippen LogP contribution is 2.33. The molecule has 38 heavy (non-hydrogen) atoms. The van der Waals surface area contributed by atoms with Gasteiger partial charge in [0.25, 0.3) is 0 Å². The Morgan fingerprint density at radius 1 is 1.13 bits per heavy atom. The lowest BCUT2D eigenvalue weighted by Crippen LogP contribution is -2.23. The van der Waals surface area contributed by atoms with Crippen LogP contribution in [0.2, 0.25) is 0 Å². The minimum atomic E-state index is 0.550. The van der Waals surface area contributed by atoms with Crippen LogP contribution in [-0.2, 0) is 0 Å². The minimum Gasteiger partial charge on any atom is -0.359 e. The molecule has 1 aliphatic carbocycles. The molecule has 4 heterocycles. The first kappa shape index (κ1) is 23.6. The zero-order chi connectivity index (χ0) is 26.1. The first-order valence-electron chi connectivity index (χ1n) is 12.8. The van der Waals surface area contributed by atoms with Crippen LogP contribution in [-0.4, -0.2) is 30.1 Å². The fourth-order valence-corrected chi connectivity index (χ4v) is 4.82. The Kier molecular flexibility index (Phi) is 6.17. The van der Waals surface area contributed by atoms with Crippen LogP contribution in [0, 0.1) is 5.92 Å². The molecular formula is C31H29N7. The standard InChI is InChI=1S/C31H29N7/c1-4-20(15-23(5-2)34-19(3)21-9-8-10-21)22-12-13-27-24(16-22)30(38-37-27)31-35-28-18-32-17-25(29(28)36-31)26-11-6-7-14-33-26/h4-7,11-18,21,34H,2-3,8-10H2,1H3,(H,35,36)(H,37,38)/b20-4+,23-15+. The van der Waals surface area contributed by atoms with Crippen molar-refractivity contribution < 1.29 is 0 Å². The molecule has 7 heteroatoms. The monoisotopic (exact) mass is 499 g/mol. The number of benzene rings is 1. The van der Waals surface area contributed by atoms with Crippen LogP contribution in [0.15, 0.2) is 97.8 Å². The molecule has 0 saturated heterocycles. The third-order valence-corrected chi connectivity index (χ3v) is 7.20. The lowest BCUT2D eigenvalue weighted by molar-refractivity contribution is 0.356. The number of hydrogen-bond acceptors (Lipinski definition) is 5. The summed E-state index contributed by atoms with van der Waals surface area (Å²) in [5, 5.41) is 12.2. The molecule has 0 bridgehead atoms. The Balaban J connectivity index is 1.37. The molecule has 1 aliphatic rings. The summed E-state index contributed by atoms with van der Waals surface area (Å²) in [5.74, 6) is 1.23. The Hall–Kier alpha value is -4.78. The lowest BCUT2D eigenvalue weighted by atomic mass is 9.83. The fraction of sp³-hybridized carbons (Fsp3) is 0.161. The highest BCUT2D eigenvalue weighted by atomic mass is 15.1. The largest absolute Gasteiger partial charge is 0.359 e. The first-order chi connectivity index (χ1) is 18.6. The Labute approximate surface area is 221 Å². The number of imidazole rings is 1. The van der Waals surface area contributed by atoms with Gasteiger partial charge in [-0.25, -0.2) is 4.98 Å². The second kappa shape index (κ2) is 9.94. The van der Waals surface area contributed by atoms with Crippen molar-refractivity contribution >= 4 is 27.5 Å². The number of aromatic nitrogens is 6. The van der Waals surface area contributed by atoms with Gasteiger partial charge in [0.15, 0.2) is 5.82 Å². The van der Waals surface area contributed by atoms with Crippen molar-refractivity contribution in [2.45, 2.75) is 26.2 Å². The van der Waals surface area contributed by atoms with Crippen molar-refractivity contribution in [3.05, 3.63) is 103 Å². The lowest BCUT2D eigenvalue weighted by Gasteiger charge is -2.28. The maximum atomic E-state index is 4.92. The number of pyridine rings is 2. The highest BCUT2D eigenvalue weighted by molar-refractivity contribution is 5.97. The third-order valence-electron chi connectivity index (χ3n) is 7.20. The van der Waals surface area contributed by atoms with Crippen LogP contribution in [0.4, 0.5) is 0 Å². The van der Waals surface area contributed by atoms with Crippen LogP contribution in [0.25, 0.3) is 50.3 Å². The minimum absolute atomic E-state index is 0.550. The fourth-order valence-electron chi connectivity index (χ4n) is 4.82. The SMILES string of the molecule is C=C/C(=C\C(=C/C)c1ccc2[nH]nc(-c3nc4c(-c5ccccn5)cncc4[nH]3)c2c1)NC(=C)C1CCC1. The third kappa shape index (κ3) is 4.32. The Morgan fingerprint density at radius 3 is 2.76 bits per heavy atom. The van der Waals surface area contributed by atoms with Crippen LogP contribution < -0.4 is 5.32 Å². The quantitative estimate of drug-likeness (QED) is 0.201. The maximum absolute atomic E-state index is 4.92. The zero-order valence-corrected chi connectivity index (χ0v) is 21.3. The van der Waals surface area contributed by atoms with Crippen molar-refractivity contribution in [2.75, 3.05) is 0 Å². The van der Waals surface area contributed by atoms with Crippen LogP contribution in [0.3, 0.4) is 0 Å². The van der Waals surface area contributed by atoms with Crippen molar-refractivity contribution in [3.8, 4) is 22.8 Å². The number of nitrogens with zero attached hydrogens (tertiary/aromatic N) is 4. The van der Waals surface area contributed by atoms with Gasteiger partial charge in [-0.1, -0.05) is 37.8 Å². The Bertz CT molecular complexity index is 1720. The smallest absolute Gasteiger partial charge is 0.159 e. The van der Waals surface area contributed by atoms with E-state index in [2.05, 4.69) is 74.0 Å². The molecule has 4 aromatic heterocycles. The van der Waals surface area contributed by atoms with E-state index in [9.17, 15) is 0 Å². The average molecular weight is 500 g/mol. The summed E-state index contributed by atoms with van der Waals surface area (Å²) in [5.41, 5.74) is 9.20. The second-order valence-corrected chi connectivity index (χ2v) is 9.54. The average Bonchev–Trinajstić information content (AvgIpc) is 3.54. The van der Waals surface area contributed by atoms with Crippen molar-refractivity contribution in [2.24, 2.45) is 5.92 Å². The summed E-state index contributed by atoms with van der Waals surface area (Å²) in [6, 6.07) is 12.1. The zero-order valence-electron chi connectivity index (χ0n) is 21.3. The molecule has 0 unspecified atom stereocenters. The number of hydrogen-bond donors (Lipinski definition) is 3. The van der Waals surface area contributed by atoms with E-state index in [4.69, 9.17) is 4.98 Å². The molecular weight excluding hydrogens is 470 g/mol. The van der Waals surface area contributed by atoms with Gasteiger partial charge in [0, 0.05) is 34.7 Å². The number of fused-ring (bicyclic) bond motifs is 2. The number of H-pyrrole nitrogens is 2. The molecule has 7 nitrogen and oxygen atoms in total. The first-order valence-corrected chi connectivity index (χ1v) is 12.8.